The minimum atomic E-state index is -0.278. The average molecular weight is 441 g/mol. The van der Waals surface area contributed by atoms with Gasteiger partial charge in [-0.25, -0.2) is 0 Å². The molecule has 5 heteroatoms. The number of aliphatic hydroxyl groups is 1. The molecule has 3 N–H and O–H groups in total. The zero-order chi connectivity index (χ0) is 23.1. The van der Waals surface area contributed by atoms with Crippen LogP contribution in [0.3, 0.4) is 0 Å². The fourth-order valence-electron chi connectivity index (χ4n) is 5.10. The van der Waals surface area contributed by atoms with E-state index in [1.54, 1.807) is 0 Å². The van der Waals surface area contributed by atoms with Crippen molar-refractivity contribution in [3.8, 4) is 0 Å². The minimum Gasteiger partial charge on any atom is -0.392 e. The summed E-state index contributed by atoms with van der Waals surface area (Å²) in [5.74, 6) is 1.64. The molecule has 0 saturated carbocycles. The van der Waals surface area contributed by atoms with Gasteiger partial charge in [0.2, 0.25) is 0 Å². The third kappa shape index (κ3) is 12.6. The summed E-state index contributed by atoms with van der Waals surface area (Å²) in [6.07, 6.45) is 10.4. The van der Waals surface area contributed by atoms with Gasteiger partial charge in [0.1, 0.15) is 0 Å². The van der Waals surface area contributed by atoms with Crippen LogP contribution in [0.2, 0.25) is 0 Å². The van der Waals surface area contributed by atoms with E-state index in [-0.39, 0.29) is 11.6 Å². The Hall–Kier alpha value is -0.200. The topological polar surface area (TPSA) is 50.8 Å². The average Bonchev–Trinajstić information content (AvgIpc) is 2.73. The first-order chi connectivity index (χ1) is 14.9. The maximum Gasteiger partial charge on any atom is 0.0636 e. The first-order valence-corrected chi connectivity index (χ1v) is 13.4. The van der Waals surface area contributed by atoms with E-state index in [0.29, 0.717) is 6.54 Å². The summed E-state index contributed by atoms with van der Waals surface area (Å²) in [4.78, 5) is 5.46. The maximum atomic E-state index is 9.46. The molecule has 1 aliphatic heterocycles. The van der Waals surface area contributed by atoms with Gasteiger partial charge in [-0.2, -0.15) is 0 Å². The zero-order valence-electron chi connectivity index (χ0n) is 21.9. The van der Waals surface area contributed by atoms with Crippen LogP contribution in [-0.2, 0) is 0 Å². The van der Waals surface area contributed by atoms with Crippen LogP contribution in [0.5, 0.6) is 0 Å². The van der Waals surface area contributed by atoms with Crippen molar-refractivity contribution < 1.29 is 5.11 Å². The summed E-state index contributed by atoms with van der Waals surface area (Å²) in [7, 11) is 0. The molecule has 0 aromatic rings. The van der Waals surface area contributed by atoms with Crippen LogP contribution < -0.4 is 10.6 Å². The number of nitrogens with one attached hydrogen (secondary N) is 2. The van der Waals surface area contributed by atoms with Crippen LogP contribution in [0.15, 0.2) is 0 Å². The molecule has 1 rings (SSSR count). The van der Waals surface area contributed by atoms with E-state index in [4.69, 9.17) is 0 Å². The maximum absolute atomic E-state index is 9.46. The normalized spacial score (nSPS) is 23.7. The van der Waals surface area contributed by atoms with Crippen LogP contribution in [0.25, 0.3) is 0 Å². The van der Waals surface area contributed by atoms with Gasteiger partial charge >= 0.3 is 0 Å². The molecule has 186 valence electrons. The van der Waals surface area contributed by atoms with Crippen molar-refractivity contribution in [2.75, 3.05) is 52.5 Å². The molecule has 1 fully saturated rings. The third-order valence-corrected chi connectivity index (χ3v) is 6.96. The lowest BCUT2D eigenvalue weighted by atomic mass is 9.93. The van der Waals surface area contributed by atoms with Crippen molar-refractivity contribution in [3.63, 3.8) is 0 Å². The second kappa shape index (κ2) is 16.4. The Morgan fingerprint density at radius 1 is 0.871 bits per heavy atom. The first kappa shape index (κ1) is 28.8. The quantitative estimate of drug-likeness (QED) is 0.277. The van der Waals surface area contributed by atoms with Crippen LogP contribution in [0.4, 0.5) is 0 Å². The lowest BCUT2D eigenvalue weighted by molar-refractivity contribution is 0.00516. The molecule has 0 bridgehead atoms. The number of nitrogens with zero attached hydrogens (tertiary/aromatic N) is 2. The predicted octanol–water partition coefficient (Wildman–Crippen LogP) is 4.31. The number of hydrogen-bond donors (Lipinski definition) is 3. The van der Waals surface area contributed by atoms with Crippen LogP contribution in [0.1, 0.15) is 92.9 Å². The van der Waals surface area contributed by atoms with Crippen LogP contribution >= 0.6 is 0 Å². The Labute approximate surface area is 194 Å². The summed E-state index contributed by atoms with van der Waals surface area (Å²) in [5, 5.41) is 16.7. The van der Waals surface area contributed by atoms with Crippen molar-refractivity contribution in [3.05, 3.63) is 0 Å². The predicted molar refractivity (Wildman–Crippen MR) is 136 cm³/mol. The molecule has 31 heavy (non-hydrogen) atoms. The molecular weight excluding hydrogens is 384 g/mol. The van der Waals surface area contributed by atoms with Crippen molar-refractivity contribution in [1.29, 1.82) is 0 Å². The molecule has 0 aromatic heterocycles. The third-order valence-electron chi connectivity index (χ3n) is 6.96. The summed E-state index contributed by atoms with van der Waals surface area (Å²) in [6.45, 7) is 22.0. The van der Waals surface area contributed by atoms with Crippen molar-refractivity contribution in [1.82, 2.24) is 20.4 Å². The highest BCUT2D eigenvalue weighted by Gasteiger charge is 2.35. The highest BCUT2D eigenvalue weighted by molar-refractivity contribution is 4.94. The van der Waals surface area contributed by atoms with E-state index in [0.717, 1.165) is 44.7 Å². The highest BCUT2D eigenvalue weighted by Crippen LogP contribution is 2.23. The Morgan fingerprint density at radius 2 is 1.39 bits per heavy atom. The van der Waals surface area contributed by atoms with Gasteiger partial charge in [-0.3, -0.25) is 9.80 Å². The molecule has 5 nitrogen and oxygen atoms in total. The molecule has 1 aliphatic rings. The molecule has 0 spiro atoms. The second-order valence-corrected chi connectivity index (χ2v) is 10.5. The summed E-state index contributed by atoms with van der Waals surface area (Å²) in [6, 6.07) is 0. The van der Waals surface area contributed by atoms with E-state index in [1.165, 1.54) is 64.5 Å². The van der Waals surface area contributed by atoms with E-state index in [1.807, 2.05) is 6.92 Å². The number of unbranched alkanes of at least 4 members (excludes halogenated alkanes) is 2. The Morgan fingerprint density at radius 3 is 1.81 bits per heavy atom. The van der Waals surface area contributed by atoms with E-state index < -0.39 is 0 Å². The fourth-order valence-corrected chi connectivity index (χ4v) is 5.10. The lowest BCUT2D eigenvalue weighted by Crippen LogP contribution is -2.65. The largest absolute Gasteiger partial charge is 0.392 e. The fraction of sp³-hybridized carbons (Fsp3) is 1.00. The van der Waals surface area contributed by atoms with Crippen molar-refractivity contribution in [2.45, 2.75) is 105 Å². The highest BCUT2D eigenvalue weighted by atomic mass is 16.3. The molecule has 0 aromatic carbocycles. The number of hydrogen-bond acceptors (Lipinski definition) is 5. The summed E-state index contributed by atoms with van der Waals surface area (Å²) < 4.78 is 0. The summed E-state index contributed by atoms with van der Waals surface area (Å²) in [5.41, 5.74) is 0.122. The van der Waals surface area contributed by atoms with Crippen LogP contribution in [-0.4, -0.2) is 79.0 Å². The molecule has 1 heterocycles. The smallest absolute Gasteiger partial charge is 0.0636 e. The second-order valence-electron chi connectivity index (χ2n) is 10.5. The van der Waals surface area contributed by atoms with Gasteiger partial charge in [0, 0.05) is 51.4 Å². The Bertz CT molecular complexity index is 406. The van der Waals surface area contributed by atoms with Crippen molar-refractivity contribution in [2.24, 2.45) is 11.8 Å². The Kier molecular flexibility index (Phi) is 15.3. The SMILES string of the molecule is CCCCC(CC)CN1CN(CC(CC)CCCC)CC(C)(NCCNC[C@@H](C)O)C1. The zero-order valence-corrected chi connectivity index (χ0v) is 21.9. The molecule has 2 unspecified atom stereocenters. The van der Waals surface area contributed by atoms with Crippen molar-refractivity contribution >= 4 is 0 Å². The van der Waals surface area contributed by atoms with Gasteiger partial charge in [-0.05, 0) is 38.5 Å². The molecule has 0 amide bonds. The molecule has 3 atom stereocenters. The van der Waals surface area contributed by atoms with E-state index in [2.05, 4.69) is 55.1 Å². The van der Waals surface area contributed by atoms with Gasteiger partial charge in [0.25, 0.3) is 0 Å². The van der Waals surface area contributed by atoms with Crippen LogP contribution in [0, 0.1) is 11.8 Å². The van der Waals surface area contributed by atoms with Gasteiger partial charge in [-0.1, -0.05) is 66.2 Å². The monoisotopic (exact) mass is 440 g/mol. The summed E-state index contributed by atoms with van der Waals surface area (Å²) >= 11 is 0. The number of aliphatic hydroxyl groups excluding tert-OH is 1. The van der Waals surface area contributed by atoms with E-state index in [9.17, 15) is 5.11 Å². The van der Waals surface area contributed by atoms with Gasteiger partial charge in [-0.15, -0.1) is 0 Å². The van der Waals surface area contributed by atoms with Gasteiger partial charge in [0.15, 0.2) is 0 Å². The van der Waals surface area contributed by atoms with E-state index >= 15 is 0 Å². The number of rotatable bonds is 18. The van der Waals surface area contributed by atoms with Gasteiger partial charge in [0.05, 0.1) is 12.8 Å². The lowest BCUT2D eigenvalue weighted by Gasteiger charge is -2.48. The molecule has 1 saturated heterocycles. The Balaban J connectivity index is 2.73. The minimum absolute atomic E-state index is 0.122. The first-order valence-electron chi connectivity index (χ1n) is 13.4. The van der Waals surface area contributed by atoms with Gasteiger partial charge < -0.3 is 15.7 Å². The molecule has 0 radical (unpaired) electrons. The molecular formula is C26H56N4O. The molecule has 0 aliphatic carbocycles. The standard InChI is InChI=1S/C26H56N4O/c1-7-11-13-24(9-3)18-29-20-26(6,28-16-15-27-17-23(5)31)21-30(22-29)19-25(10-4)14-12-8-2/h23-25,27-28,31H,7-22H2,1-6H3/t23-,24?,25?,26?/m1/s1.